The predicted molar refractivity (Wildman–Crippen MR) is 67.7 cm³/mol. The first-order chi connectivity index (χ1) is 7.75. The van der Waals surface area contributed by atoms with Crippen LogP contribution in [0.4, 0.5) is 0 Å². The molecule has 0 atom stereocenters. The van der Waals surface area contributed by atoms with Crippen LogP contribution in [0.15, 0.2) is 36.5 Å². The lowest BCUT2D eigenvalue weighted by molar-refractivity contribution is 0.826. The van der Waals surface area contributed by atoms with Gasteiger partial charge >= 0.3 is 0 Å². The van der Waals surface area contributed by atoms with Gasteiger partial charge in [-0.25, -0.2) is 0 Å². The second-order valence-electron chi connectivity index (χ2n) is 4.48. The molecule has 2 nitrogen and oxygen atoms in total. The van der Waals surface area contributed by atoms with E-state index in [2.05, 4.69) is 54.1 Å². The Bertz CT molecular complexity index is 650. The maximum Gasteiger partial charge on any atom is 0.0651 e. The number of H-pyrrole nitrogens is 1. The lowest BCUT2D eigenvalue weighted by Gasteiger charge is -2.03. The maximum absolute atomic E-state index is 4.47. The summed E-state index contributed by atoms with van der Waals surface area (Å²) in [5.74, 6) is 0.470. The highest BCUT2D eigenvalue weighted by atomic mass is 14.8. The molecule has 1 aromatic carbocycles. The lowest BCUT2D eigenvalue weighted by atomic mass is 10.1. The van der Waals surface area contributed by atoms with E-state index in [0.717, 1.165) is 11.2 Å². The molecule has 1 N–H and O–H groups in total. The molecule has 0 fully saturated rings. The highest BCUT2D eigenvalue weighted by Gasteiger charge is 2.06. The van der Waals surface area contributed by atoms with E-state index in [4.69, 9.17) is 0 Å². The number of para-hydroxylation sites is 1. The minimum Gasteiger partial charge on any atom is -0.353 e. The molecule has 0 aliphatic carbocycles. The van der Waals surface area contributed by atoms with Crippen molar-refractivity contribution in [2.45, 2.75) is 19.8 Å². The van der Waals surface area contributed by atoms with E-state index in [0.29, 0.717) is 5.92 Å². The minimum atomic E-state index is 0.470. The summed E-state index contributed by atoms with van der Waals surface area (Å²) in [6.07, 6.45) is 1.94. The van der Waals surface area contributed by atoms with Gasteiger partial charge in [-0.15, -0.1) is 0 Å². The van der Waals surface area contributed by atoms with Gasteiger partial charge in [-0.2, -0.15) is 0 Å². The third-order valence-corrected chi connectivity index (χ3v) is 3.00. The summed E-state index contributed by atoms with van der Waals surface area (Å²) in [6, 6.07) is 10.6. The molecule has 0 radical (unpaired) electrons. The zero-order valence-electron chi connectivity index (χ0n) is 9.49. The van der Waals surface area contributed by atoms with Crippen LogP contribution in [-0.2, 0) is 0 Å². The van der Waals surface area contributed by atoms with Crippen molar-refractivity contribution < 1.29 is 0 Å². The summed E-state index contributed by atoms with van der Waals surface area (Å²) in [4.78, 5) is 7.85. The van der Waals surface area contributed by atoms with E-state index in [1.54, 1.807) is 0 Å². The maximum atomic E-state index is 4.47. The zero-order valence-corrected chi connectivity index (χ0v) is 9.49. The Hall–Kier alpha value is -1.83. The molecule has 2 aromatic heterocycles. The molecule has 0 amide bonds. The smallest absolute Gasteiger partial charge is 0.0651 e. The second kappa shape index (κ2) is 3.34. The summed E-state index contributed by atoms with van der Waals surface area (Å²) in [5, 5.41) is 2.55. The molecule has 0 aliphatic rings. The first-order valence-corrected chi connectivity index (χ1v) is 5.62. The van der Waals surface area contributed by atoms with Gasteiger partial charge in [0.2, 0.25) is 0 Å². The predicted octanol–water partition coefficient (Wildman–Crippen LogP) is 3.84. The van der Waals surface area contributed by atoms with Crippen LogP contribution >= 0.6 is 0 Å². The molecule has 2 heteroatoms. The Morgan fingerprint density at radius 3 is 2.69 bits per heavy atom. The fourth-order valence-electron chi connectivity index (χ4n) is 2.08. The summed E-state index contributed by atoms with van der Waals surface area (Å²) < 4.78 is 0. The van der Waals surface area contributed by atoms with Crippen LogP contribution in [0.5, 0.6) is 0 Å². The largest absolute Gasteiger partial charge is 0.353 e. The van der Waals surface area contributed by atoms with Crippen molar-refractivity contribution >= 4 is 21.8 Å². The molecule has 0 spiro atoms. The quantitative estimate of drug-likeness (QED) is 0.649. The summed E-state index contributed by atoms with van der Waals surface area (Å²) in [6.45, 7) is 4.34. The Balaban J connectivity index is 2.40. The van der Waals surface area contributed by atoms with Crippen LogP contribution in [-0.4, -0.2) is 9.97 Å². The van der Waals surface area contributed by atoms with Gasteiger partial charge < -0.3 is 4.98 Å². The average molecular weight is 210 g/mol. The molecule has 3 aromatic rings. The number of fused-ring (bicyclic) bond motifs is 3. The summed E-state index contributed by atoms with van der Waals surface area (Å²) in [7, 11) is 0. The standard InChI is InChI=1S/C14H14N2/c1-9(2)13-7-11-10-5-3-4-6-12(10)16-14(11)8-15-13/h3-9,16H,1-2H3. The van der Waals surface area contributed by atoms with Crippen molar-refractivity contribution in [1.82, 2.24) is 9.97 Å². The second-order valence-corrected chi connectivity index (χ2v) is 4.48. The number of nitrogens with zero attached hydrogens (tertiary/aromatic N) is 1. The van der Waals surface area contributed by atoms with Gasteiger partial charge in [0.25, 0.3) is 0 Å². The Kier molecular flexibility index (Phi) is 1.96. The average Bonchev–Trinajstić information content (AvgIpc) is 2.66. The van der Waals surface area contributed by atoms with E-state index in [9.17, 15) is 0 Å². The minimum absolute atomic E-state index is 0.470. The topological polar surface area (TPSA) is 28.7 Å². The molecular weight excluding hydrogens is 196 g/mol. The van der Waals surface area contributed by atoms with Crippen molar-refractivity contribution in [3.63, 3.8) is 0 Å². The molecule has 0 saturated carbocycles. The normalized spacial score (nSPS) is 11.7. The molecule has 2 heterocycles. The fourth-order valence-corrected chi connectivity index (χ4v) is 2.08. The monoisotopic (exact) mass is 210 g/mol. The van der Waals surface area contributed by atoms with Crippen molar-refractivity contribution in [3.8, 4) is 0 Å². The first-order valence-electron chi connectivity index (χ1n) is 5.62. The number of pyridine rings is 1. The van der Waals surface area contributed by atoms with Crippen LogP contribution in [0.3, 0.4) is 0 Å². The molecule has 16 heavy (non-hydrogen) atoms. The van der Waals surface area contributed by atoms with Crippen LogP contribution < -0.4 is 0 Å². The number of hydrogen-bond donors (Lipinski definition) is 1. The third-order valence-electron chi connectivity index (χ3n) is 3.00. The number of aromatic amines is 1. The van der Waals surface area contributed by atoms with Gasteiger partial charge in [0, 0.05) is 22.0 Å². The van der Waals surface area contributed by atoms with Crippen LogP contribution in [0.25, 0.3) is 21.8 Å². The molecule has 0 saturated heterocycles. The highest BCUT2D eigenvalue weighted by Crippen LogP contribution is 2.26. The van der Waals surface area contributed by atoms with Crippen molar-refractivity contribution in [2.24, 2.45) is 0 Å². The molecule has 3 rings (SSSR count). The third kappa shape index (κ3) is 1.30. The fraction of sp³-hybridized carbons (Fsp3) is 0.214. The van der Waals surface area contributed by atoms with Gasteiger partial charge in [-0.1, -0.05) is 32.0 Å². The van der Waals surface area contributed by atoms with E-state index in [-0.39, 0.29) is 0 Å². The highest BCUT2D eigenvalue weighted by molar-refractivity contribution is 6.06. The first kappa shape index (κ1) is 9.40. The van der Waals surface area contributed by atoms with E-state index in [1.165, 1.54) is 16.3 Å². The number of rotatable bonds is 1. The number of benzene rings is 1. The zero-order chi connectivity index (χ0) is 11.1. The van der Waals surface area contributed by atoms with Gasteiger partial charge in [-0.05, 0) is 18.1 Å². The summed E-state index contributed by atoms with van der Waals surface area (Å²) in [5.41, 5.74) is 3.45. The van der Waals surface area contributed by atoms with Gasteiger partial charge in [0.1, 0.15) is 0 Å². The molecule has 80 valence electrons. The van der Waals surface area contributed by atoms with Crippen LogP contribution in [0, 0.1) is 0 Å². The molecule has 0 unspecified atom stereocenters. The van der Waals surface area contributed by atoms with E-state index in [1.807, 2.05) is 6.20 Å². The van der Waals surface area contributed by atoms with Gasteiger partial charge in [-0.3, -0.25) is 4.98 Å². The number of hydrogen-bond acceptors (Lipinski definition) is 1. The van der Waals surface area contributed by atoms with Gasteiger partial charge in [0.05, 0.1) is 11.7 Å². The molecular formula is C14H14N2. The lowest BCUT2D eigenvalue weighted by Crippen LogP contribution is -1.90. The van der Waals surface area contributed by atoms with Crippen molar-refractivity contribution in [1.29, 1.82) is 0 Å². The SMILES string of the molecule is CC(C)c1cc2c(cn1)[nH]c1ccccc12. The van der Waals surface area contributed by atoms with E-state index >= 15 is 0 Å². The number of aromatic nitrogens is 2. The Labute approximate surface area is 94.3 Å². The molecule has 0 bridgehead atoms. The Morgan fingerprint density at radius 1 is 1.06 bits per heavy atom. The number of nitrogens with one attached hydrogen (secondary N) is 1. The van der Waals surface area contributed by atoms with E-state index < -0.39 is 0 Å². The molecule has 0 aliphatic heterocycles. The van der Waals surface area contributed by atoms with Gasteiger partial charge in [0.15, 0.2) is 0 Å². The van der Waals surface area contributed by atoms with Crippen LogP contribution in [0.1, 0.15) is 25.5 Å². The van der Waals surface area contributed by atoms with Crippen LogP contribution in [0.2, 0.25) is 0 Å². The summed E-state index contributed by atoms with van der Waals surface area (Å²) >= 11 is 0. The van der Waals surface area contributed by atoms with Crippen molar-refractivity contribution in [3.05, 3.63) is 42.2 Å². The van der Waals surface area contributed by atoms with Crippen molar-refractivity contribution in [2.75, 3.05) is 0 Å². The Morgan fingerprint density at radius 2 is 1.88 bits per heavy atom.